The lowest BCUT2D eigenvalue weighted by Crippen LogP contribution is -2.42. The molecule has 0 spiro atoms. The van der Waals surface area contributed by atoms with Crippen LogP contribution in [0.25, 0.3) is 0 Å². The van der Waals surface area contributed by atoms with Crippen LogP contribution in [-0.2, 0) is 14.3 Å². The van der Waals surface area contributed by atoms with Crippen LogP contribution in [0.4, 0.5) is 0 Å². The van der Waals surface area contributed by atoms with E-state index in [2.05, 4.69) is 20.9 Å². The summed E-state index contributed by atoms with van der Waals surface area (Å²) in [6.45, 7) is 5.37. The molecule has 2 aliphatic rings. The third-order valence-electron chi connectivity index (χ3n) is 5.30. The van der Waals surface area contributed by atoms with E-state index in [1.807, 2.05) is 0 Å². The Balaban J connectivity index is 1.42. The molecule has 0 aromatic rings. The van der Waals surface area contributed by atoms with Crippen molar-refractivity contribution in [1.29, 1.82) is 0 Å². The lowest BCUT2D eigenvalue weighted by atomic mass is 9.87. The predicted octanol–water partition coefficient (Wildman–Crippen LogP) is 1.68. The molecule has 7 heteroatoms. The van der Waals surface area contributed by atoms with Crippen LogP contribution >= 0.6 is 0 Å². The van der Waals surface area contributed by atoms with Gasteiger partial charge in [-0.2, -0.15) is 0 Å². The maximum atomic E-state index is 12.0. The topological polar surface area (TPSA) is 84.0 Å². The summed E-state index contributed by atoms with van der Waals surface area (Å²) in [4.78, 5) is 16.2. The minimum Gasteiger partial charge on any atom is -0.381 e. The largest absolute Gasteiger partial charge is 0.381 e. The summed E-state index contributed by atoms with van der Waals surface area (Å²) in [6.07, 6.45) is 9.04. The van der Waals surface area contributed by atoms with Crippen molar-refractivity contribution in [2.45, 2.75) is 51.4 Å². The standard InChI is InChI=1S/C20H38N4O3/c1-21-20(23-9-5-12-26-15-18-8-13-27-16-18)24-11-10-22-19(25)14-17-6-3-2-4-7-17/h17-18H,2-16H2,1H3,(H,22,25)(H2,21,23,24). The normalized spacial score (nSPS) is 21.2. The van der Waals surface area contributed by atoms with Gasteiger partial charge in [-0.1, -0.05) is 19.3 Å². The van der Waals surface area contributed by atoms with Gasteiger partial charge < -0.3 is 25.4 Å². The van der Waals surface area contributed by atoms with Gasteiger partial charge in [0.1, 0.15) is 0 Å². The Morgan fingerprint density at radius 3 is 2.56 bits per heavy atom. The molecule has 1 amide bonds. The summed E-state index contributed by atoms with van der Waals surface area (Å²) in [5, 5.41) is 9.51. The van der Waals surface area contributed by atoms with Crippen LogP contribution in [0.2, 0.25) is 0 Å². The number of carbonyl (C=O) groups is 1. The number of nitrogens with zero attached hydrogens (tertiary/aromatic N) is 1. The molecule has 1 saturated carbocycles. The van der Waals surface area contributed by atoms with Gasteiger partial charge >= 0.3 is 0 Å². The fourth-order valence-corrected chi connectivity index (χ4v) is 3.67. The number of aliphatic imine (C=N–C) groups is 1. The number of amides is 1. The second-order valence-electron chi connectivity index (χ2n) is 7.64. The first-order valence-corrected chi connectivity index (χ1v) is 10.6. The summed E-state index contributed by atoms with van der Waals surface area (Å²) in [5.41, 5.74) is 0. The lowest BCUT2D eigenvalue weighted by molar-refractivity contribution is -0.122. The zero-order valence-electron chi connectivity index (χ0n) is 16.9. The predicted molar refractivity (Wildman–Crippen MR) is 108 cm³/mol. The van der Waals surface area contributed by atoms with Crippen LogP contribution in [0.3, 0.4) is 0 Å². The van der Waals surface area contributed by atoms with Gasteiger partial charge in [0.15, 0.2) is 5.96 Å². The van der Waals surface area contributed by atoms with Gasteiger partial charge in [0.05, 0.1) is 13.2 Å². The zero-order valence-corrected chi connectivity index (χ0v) is 16.9. The van der Waals surface area contributed by atoms with Gasteiger partial charge in [0.25, 0.3) is 0 Å². The summed E-state index contributed by atoms with van der Waals surface area (Å²) in [5.74, 6) is 2.10. The molecule has 7 nitrogen and oxygen atoms in total. The Kier molecular flexibility index (Phi) is 11.2. The average Bonchev–Trinajstić information content (AvgIpc) is 3.20. The molecule has 0 radical (unpaired) electrons. The van der Waals surface area contributed by atoms with Crippen LogP contribution in [0.1, 0.15) is 51.4 Å². The van der Waals surface area contributed by atoms with Crippen molar-refractivity contribution in [2.75, 3.05) is 53.1 Å². The SMILES string of the molecule is CN=C(NCCCOCC1CCOC1)NCCNC(=O)CC1CCCCC1. The maximum Gasteiger partial charge on any atom is 0.220 e. The smallest absolute Gasteiger partial charge is 0.220 e. The van der Waals surface area contributed by atoms with E-state index < -0.39 is 0 Å². The first-order valence-electron chi connectivity index (χ1n) is 10.6. The number of hydrogen-bond donors (Lipinski definition) is 3. The Morgan fingerprint density at radius 1 is 1.04 bits per heavy atom. The molecule has 1 saturated heterocycles. The zero-order chi connectivity index (χ0) is 19.2. The molecule has 1 aliphatic carbocycles. The van der Waals surface area contributed by atoms with Crippen LogP contribution in [0.15, 0.2) is 4.99 Å². The number of hydrogen-bond acceptors (Lipinski definition) is 4. The quantitative estimate of drug-likeness (QED) is 0.288. The number of ether oxygens (including phenoxy) is 2. The molecular weight excluding hydrogens is 344 g/mol. The van der Waals surface area contributed by atoms with Gasteiger partial charge in [0, 0.05) is 52.2 Å². The number of guanidine groups is 1. The molecule has 0 bridgehead atoms. The molecule has 156 valence electrons. The van der Waals surface area contributed by atoms with Gasteiger partial charge in [-0.25, -0.2) is 0 Å². The van der Waals surface area contributed by atoms with Crippen molar-refractivity contribution < 1.29 is 14.3 Å². The molecular formula is C20H38N4O3. The first-order chi connectivity index (χ1) is 13.3. The van der Waals surface area contributed by atoms with Crippen molar-refractivity contribution in [2.24, 2.45) is 16.8 Å². The van der Waals surface area contributed by atoms with E-state index >= 15 is 0 Å². The summed E-state index contributed by atoms with van der Waals surface area (Å²) in [7, 11) is 1.76. The fourth-order valence-electron chi connectivity index (χ4n) is 3.67. The van der Waals surface area contributed by atoms with Crippen LogP contribution in [0.5, 0.6) is 0 Å². The highest BCUT2D eigenvalue weighted by Gasteiger charge is 2.17. The molecule has 1 aliphatic heterocycles. The number of rotatable bonds is 11. The summed E-state index contributed by atoms with van der Waals surface area (Å²) < 4.78 is 11.0. The van der Waals surface area contributed by atoms with Gasteiger partial charge in [-0.3, -0.25) is 9.79 Å². The lowest BCUT2D eigenvalue weighted by Gasteiger charge is -2.20. The highest BCUT2D eigenvalue weighted by Crippen LogP contribution is 2.25. The summed E-state index contributed by atoms with van der Waals surface area (Å²) in [6, 6.07) is 0. The molecule has 3 N–H and O–H groups in total. The molecule has 2 rings (SSSR count). The monoisotopic (exact) mass is 382 g/mol. The molecule has 2 fully saturated rings. The Labute approximate surface area is 164 Å². The fraction of sp³-hybridized carbons (Fsp3) is 0.900. The Hall–Kier alpha value is -1.34. The van der Waals surface area contributed by atoms with Crippen LogP contribution < -0.4 is 16.0 Å². The molecule has 1 heterocycles. The Morgan fingerprint density at radius 2 is 1.81 bits per heavy atom. The molecule has 0 aromatic carbocycles. The van der Waals surface area contributed by atoms with E-state index in [1.54, 1.807) is 7.05 Å². The van der Waals surface area contributed by atoms with Crippen molar-refractivity contribution in [3.63, 3.8) is 0 Å². The second kappa shape index (κ2) is 13.8. The molecule has 27 heavy (non-hydrogen) atoms. The average molecular weight is 383 g/mol. The highest BCUT2D eigenvalue weighted by atomic mass is 16.5. The van der Waals surface area contributed by atoms with Crippen molar-refractivity contribution >= 4 is 11.9 Å². The Bertz CT molecular complexity index is 433. The number of carbonyl (C=O) groups excluding carboxylic acids is 1. The summed E-state index contributed by atoms with van der Waals surface area (Å²) >= 11 is 0. The van der Waals surface area contributed by atoms with E-state index in [1.165, 1.54) is 32.1 Å². The van der Waals surface area contributed by atoms with Gasteiger partial charge in [0.2, 0.25) is 5.91 Å². The minimum atomic E-state index is 0.177. The van der Waals surface area contributed by atoms with E-state index in [0.717, 1.165) is 51.8 Å². The van der Waals surface area contributed by atoms with Gasteiger partial charge in [-0.05, 0) is 31.6 Å². The van der Waals surface area contributed by atoms with Gasteiger partial charge in [-0.15, -0.1) is 0 Å². The minimum absolute atomic E-state index is 0.177. The molecule has 0 aromatic heterocycles. The van der Waals surface area contributed by atoms with E-state index in [0.29, 0.717) is 31.3 Å². The van der Waals surface area contributed by atoms with E-state index in [-0.39, 0.29) is 5.91 Å². The second-order valence-corrected chi connectivity index (χ2v) is 7.64. The molecule has 1 atom stereocenters. The van der Waals surface area contributed by atoms with E-state index in [4.69, 9.17) is 9.47 Å². The molecule has 1 unspecified atom stereocenters. The maximum absolute atomic E-state index is 12.0. The highest BCUT2D eigenvalue weighted by molar-refractivity contribution is 5.79. The third kappa shape index (κ3) is 9.96. The third-order valence-corrected chi connectivity index (χ3v) is 5.30. The first kappa shape index (κ1) is 22.0. The number of nitrogens with one attached hydrogen (secondary N) is 3. The van der Waals surface area contributed by atoms with Crippen LogP contribution in [0, 0.1) is 11.8 Å². The van der Waals surface area contributed by atoms with E-state index in [9.17, 15) is 4.79 Å². The van der Waals surface area contributed by atoms with Crippen LogP contribution in [-0.4, -0.2) is 65.0 Å². The van der Waals surface area contributed by atoms with Crippen molar-refractivity contribution in [1.82, 2.24) is 16.0 Å². The van der Waals surface area contributed by atoms with Crippen molar-refractivity contribution in [3.8, 4) is 0 Å². The van der Waals surface area contributed by atoms with Crippen molar-refractivity contribution in [3.05, 3.63) is 0 Å².